The standard InChI is InChI=1S/C15H21NOS/c1-2-3-4-10-15(17)16-11-7-12-18-14-9-6-5-8-13(14)16/h5-6,8-9H,2-4,7,10-12H2,1H3. The van der Waals surface area contributed by atoms with Gasteiger partial charge >= 0.3 is 0 Å². The summed E-state index contributed by atoms with van der Waals surface area (Å²) >= 11 is 1.87. The van der Waals surface area contributed by atoms with E-state index in [2.05, 4.69) is 25.1 Å². The molecule has 1 heterocycles. The lowest BCUT2D eigenvalue weighted by Gasteiger charge is -2.22. The number of para-hydroxylation sites is 1. The van der Waals surface area contributed by atoms with E-state index >= 15 is 0 Å². The predicted molar refractivity (Wildman–Crippen MR) is 78.3 cm³/mol. The number of anilines is 1. The van der Waals surface area contributed by atoms with Crippen molar-refractivity contribution in [1.29, 1.82) is 0 Å². The van der Waals surface area contributed by atoms with Gasteiger partial charge in [-0.3, -0.25) is 4.79 Å². The van der Waals surface area contributed by atoms with Crippen molar-refractivity contribution < 1.29 is 4.79 Å². The number of rotatable bonds is 4. The lowest BCUT2D eigenvalue weighted by molar-refractivity contribution is -0.118. The monoisotopic (exact) mass is 263 g/mol. The van der Waals surface area contributed by atoms with E-state index in [1.54, 1.807) is 0 Å². The van der Waals surface area contributed by atoms with Gasteiger partial charge in [-0.15, -0.1) is 11.8 Å². The van der Waals surface area contributed by atoms with E-state index in [4.69, 9.17) is 0 Å². The molecule has 1 aromatic rings. The van der Waals surface area contributed by atoms with Crippen molar-refractivity contribution in [3.8, 4) is 0 Å². The molecule has 1 amide bonds. The van der Waals surface area contributed by atoms with E-state index in [0.717, 1.165) is 37.2 Å². The molecule has 0 saturated heterocycles. The Kier molecular flexibility index (Phi) is 5.12. The third-order valence-electron chi connectivity index (χ3n) is 3.23. The zero-order chi connectivity index (χ0) is 12.8. The third-order valence-corrected chi connectivity index (χ3v) is 4.38. The second-order valence-electron chi connectivity index (χ2n) is 4.67. The van der Waals surface area contributed by atoms with Crippen LogP contribution in [0.25, 0.3) is 0 Å². The van der Waals surface area contributed by atoms with Gasteiger partial charge in [-0.05, 0) is 30.7 Å². The van der Waals surface area contributed by atoms with Gasteiger partial charge in [0.2, 0.25) is 5.91 Å². The van der Waals surface area contributed by atoms with Crippen LogP contribution in [0.4, 0.5) is 5.69 Å². The summed E-state index contributed by atoms with van der Waals surface area (Å²) in [6.45, 7) is 3.04. The number of carbonyl (C=O) groups is 1. The van der Waals surface area contributed by atoms with Crippen LogP contribution in [0.5, 0.6) is 0 Å². The molecule has 0 aliphatic carbocycles. The second kappa shape index (κ2) is 6.83. The zero-order valence-corrected chi connectivity index (χ0v) is 11.8. The number of hydrogen-bond acceptors (Lipinski definition) is 2. The molecule has 0 radical (unpaired) electrons. The predicted octanol–water partition coefficient (Wildman–Crippen LogP) is 4.10. The van der Waals surface area contributed by atoms with Gasteiger partial charge in [0.25, 0.3) is 0 Å². The molecule has 0 fully saturated rings. The molecule has 1 aromatic carbocycles. The summed E-state index contributed by atoms with van der Waals surface area (Å²) in [4.78, 5) is 15.5. The van der Waals surface area contributed by atoms with Crippen LogP contribution in [0, 0.1) is 0 Å². The van der Waals surface area contributed by atoms with Gasteiger partial charge in [0.1, 0.15) is 0 Å². The zero-order valence-electron chi connectivity index (χ0n) is 11.0. The van der Waals surface area contributed by atoms with Crippen molar-refractivity contribution in [3.05, 3.63) is 24.3 Å². The summed E-state index contributed by atoms with van der Waals surface area (Å²) in [5.41, 5.74) is 1.11. The van der Waals surface area contributed by atoms with E-state index < -0.39 is 0 Å². The maximum Gasteiger partial charge on any atom is 0.227 e. The molecule has 0 saturated carbocycles. The number of thioether (sulfide) groups is 1. The Labute approximate surface area is 114 Å². The van der Waals surface area contributed by atoms with Crippen LogP contribution in [-0.4, -0.2) is 18.2 Å². The first-order chi connectivity index (χ1) is 8.83. The van der Waals surface area contributed by atoms with Gasteiger partial charge in [-0.1, -0.05) is 31.9 Å². The van der Waals surface area contributed by atoms with Crippen molar-refractivity contribution in [2.45, 2.75) is 43.9 Å². The van der Waals surface area contributed by atoms with Gasteiger partial charge in [0.05, 0.1) is 5.69 Å². The summed E-state index contributed by atoms with van der Waals surface area (Å²) in [5.74, 6) is 1.40. The molecule has 0 unspecified atom stereocenters. The van der Waals surface area contributed by atoms with E-state index in [9.17, 15) is 4.79 Å². The number of unbranched alkanes of at least 4 members (excludes halogenated alkanes) is 2. The smallest absolute Gasteiger partial charge is 0.227 e. The summed E-state index contributed by atoms with van der Waals surface area (Å²) in [6, 6.07) is 8.27. The third kappa shape index (κ3) is 3.29. The van der Waals surface area contributed by atoms with Gasteiger partial charge in [-0.25, -0.2) is 0 Å². The van der Waals surface area contributed by atoms with Crippen molar-refractivity contribution in [1.82, 2.24) is 0 Å². The quantitative estimate of drug-likeness (QED) is 0.762. The van der Waals surface area contributed by atoms with Crippen LogP contribution >= 0.6 is 11.8 Å². The van der Waals surface area contributed by atoms with Crippen molar-refractivity contribution in [2.75, 3.05) is 17.2 Å². The molecule has 3 heteroatoms. The first kappa shape index (κ1) is 13.5. The molecule has 1 aliphatic rings. The van der Waals surface area contributed by atoms with Crippen LogP contribution in [-0.2, 0) is 4.79 Å². The number of benzene rings is 1. The number of carbonyl (C=O) groups excluding carboxylic acids is 1. The first-order valence-corrected chi connectivity index (χ1v) is 7.83. The molecule has 0 atom stereocenters. The van der Waals surface area contributed by atoms with E-state index in [0.29, 0.717) is 12.3 Å². The fraction of sp³-hybridized carbons (Fsp3) is 0.533. The summed E-state index contributed by atoms with van der Waals surface area (Å²) in [5, 5.41) is 0. The van der Waals surface area contributed by atoms with E-state index in [-0.39, 0.29) is 0 Å². The fourth-order valence-corrected chi connectivity index (χ4v) is 3.24. The van der Waals surface area contributed by atoms with Gasteiger partial charge in [0, 0.05) is 17.9 Å². The number of nitrogens with zero attached hydrogens (tertiary/aromatic N) is 1. The highest BCUT2D eigenvalue weighted by Crippen LogP contribution is 2.33. The Hall–Kier alpha value is -0.960. The molecule has 2 rings (SSSR count). The Bertz CT molecular complexity index is 405. The molecular weight excluding hydrogens is 242 g/mol. The summed E-state index contributed by atoms with van der Waals surface area (Å²) in [6.07, 6.45) is 5.10. The fourth-order valence-electron chi connectivity index (χ4n) is 2.25. The van der Waals surface area contributed by atoms with E-state index in [1.165, 1.54) is 11.3 Å². The van der Waals surface area contributed by atoms with Gasteiger partial charge in [0.15, 0.2) is 0 Å². The maximum absolute atomic E-state index is 12.3. The van der Waals surface area contributed by atoms with Crippen LogP contribution in [0.3, 0.4) is 0 Å². The average Bonchev–Trinajstić information content (AvgIpc) is 2.61. The first-order valence-electron chi connectivity index (χ1n) is 6.85. The number of fused-ring (bicyclic) bond motifs is 1. The number of amides is 1. The molecule has 0 spiro atoms. The topological polar surface area (TPSA) is 20.3 Å². The minimum Gasteiger partial charge on any atom is -0.311 e. The Morgan fingerprint density at radius 3 is 3.00 bits per heavy atom. The van der Waals surface area contributed by atoms with Gasteiger partial charge in [-0.2, -0.15) is 0 Å². The molecule has 1 aliphatic heterocycles. The van der Waals surface area contributed by atoms with Crippen molar-refractivity contribution >= 4 is 23.4 Å². The highest BCUT2D eigenvalue weighted by molar-refractivity contribution is 7.99. The SMILES string of the molecule is CCCCCC(=O)N1CCCSc2ccccc21. The molecule has 0 aromatic heterocycles. The Balaban J connectivity index is 2.09. The lowest BCUT2D eigenvalue weighted by atomic mass is 10.1. The highest BCUT2D eigenvalue weighted by Gasteiger charge is 2.20. The molecule has 2 nitrogen and oxygen atoms in total. The Morgan fingerprint density at radius 2 is 2.17 bits per heavy atom. The van der Waals surface area contributed by atoms with Crippen LogP contribution < -0.4 is 4.90 Å². The second-order valence-corrected chi connectivity index (χ2v) is 5.81. The highest BCUT2D eigenvalue weighted by atomic mass is 32.2. The molecule has 0 bridgehead atoms. The molecule has 0 N–H and O–H groups in total. The Morgan fingerprint density at radius 1 is 1.33 bits per heavy atom. The normalized spacial score (nSPS) is 15.1. The van der Waals surface area contributed by atoms with Crippen LogP contribution in [0.2, 0.25) is 0 Å². The van der Waals surface area contributed by atoms with Crippen molar-refractivity contribution in [2.24, 2.45) is 0 Å². The molecule has 18 heavy (non-hydrogen) atoms. The summed E-state index contributed by atoms with van der Waals surface area (Å²) < 4.78 is 0. The molecule has 98 valence electrons. The van der Waals surface area contributed by atoms with Crippen LogP contribution in [0.1, 0.15) is 39.0 Å². The van der Waals surface area contributed by atoms with Gasteiger partial charge < -0.3 is 4.90 Å². The maximum atomic E-state index is 12.3. The average molecular weight is 263 g/mol. The van der Waals surface area contributed by atoms with Crippen LogP contribution in [0.15, 0.2) is 29.2 Å². The lowest BCUT2D eigenvalue weighted by Crippen LogP contribution is -2.31. The van der Waals surface area contributed by atoms with E-state index in [1.807, 2.05) is 22.7 Å². The summed E-state index contributed by atoms with van der Waals surface area (Å²) in [7, 11) is 0. The minimum atomic E-state index is 0.290. The van der Waals surface area contributed by atoms with Crippen molar-refractivity contribution in [3.63, 3.8) is 0 Å². The largest absolute Gasteiger partial charge is 0.311 e. The molecular formula is C15H21NOS. The number of hydrogen-bond donors (Lipinski definition) is 0. The minimum absolute atomic E-state index is 0.290.